The molecule has 84 valence electrons. The van der Waals surface area contributed by atoms with Crippen molar-refractivity contribution in [2.24, 2.45) is 0 Å². The zero-order valence-corrected chi connectivity index (χ0v) is 9.30. The molecular formula is C11H9F2NOS. The second kappa shape index (κ2) is 4.57. The van der Waals surface area contributed by atoms with Crippen molar-refractivity contribution in [3.05, 3.63) is 35.5 Å². The predicted octanol–water partition coefficient (Wildman–Crippen LogP) is 3.76. The van der Waals surface area contributed by atoms with Crippen LogP contribution in [-0.2, 0) is 0 Å². The van der Waals surface area contributed by atoms with Gasteiger partial charge in [0.2, 0.25) is 0 Å². The monoisotopic (exact) mass is 241 g/mol. The summed E-state index contributed by atoms with van der Waals surface area (Å²) in [7, 11) is 1.57. The van der Waals surface area contributed by atoms with Gasteiger partial charge in [0.05, 0.1) is 12.0 Å². The molecule has 2 rings (SSSR count). The molecule has 0 fully saturated rings. The zero-order chi connectivity index (χ0) is 11.5. The first-order valence-electron chi connectivity index (χ1n) is 4.59. The fourth-order valence-electron chi connectivity index (χ4n) is 1.30. The minimum atomic E-state index is -2.51. The fraction of sp³-hybridized carbons (Fsp3) is 0.182. The molecule has 2 aromatic rings. The lowest BCUT2D eigenvalue weighted by Crippen LogP contribution is -1.81. The van der Waals surface area contributed by atoms with E-state index < -0.39 is 6.43 Å². The highest BCUT2D eigenvalue weighted by Crippen LogP contribution is 2.32. The first kappa shape index (κ1) is 11.0. The molecule has 0 N–H and O–H groups in total. The first-order chi connectivity index (χ1) is 7.70. The summed E-state index contributed by atoms with van der Waals surface area (Å²) in [5, 5.41) is -0.155. The third-order valence-electron chi connectivity index (χ3n) is 2.06. The minimum absolute atomic E-state index is 0.155. The van der Waals surface area contributed by atoms with Gasteiger partial charge >= 0.3 is 0 Å². The smallest absolute Gasteiger partial charge is 0.289 e. The molecule has 0 saturated carbocycles. The highest BCUT2D eigenvalue weighted by Gasteiger charge is 2.13. The number of benzene rings is 1. The molecule has 0 amide bonds. The summed E-state index contributed by atoms with van der Waals surface area (Å²) in [4.78, 5) is 4.39. The number of methoxy groups -OCH3 is 1. The van der Waals surface area contributed by atoms with E-state index in [0.717, 1.165) is 16.9 Å². The van der Waals surface area contributed by atoms with E-state index in [1.165, 1.54) is 6.20 Å². The lowest BCUT2D eigenvalue weighted by Gasteiger charge is -2.01. The number of hydrogen-bond acceptors (Lipinski definition) is 3. The van der Waals surface area contributed by atoms with E-state index in [-0.39, 0.29) is 5.01 Å². The zero-order valence-electron chi connectivity index (χ0n) is 8.48. The van der Waals surface area contributed by atoms with E-state index in [2.05, 4.69) is 4.98 Å². The van der Waals surface area contributed by atoms with Gasteiger partial charge in [-0.3, -0.25) is 0 Å². The molecule has 0 radical (unpaired) electrons. The standard InChI is InChI=1S/C11H9F2NOS/c1-15-8-4-2-3-7(5-8)9-6-14-11(16-9)10(12)13/h2-6,10H,1H3. The maximum Gasteiger partial charge on any atom is 0.289 e. The molecule has 0 aliphatic heterocycles. The van der Waals surface area contributed by atoms with Crippen molar-refractivity contribution in [1.29, 1.82) is 0 Å². The van der Waals surface area contributed by atoms with Gasteiger partial charge in [-0.25, -0.2) is 13.8 Å². The molecule has 1 aromatic carbocycles. The molecule has 16 heavy (non-hydrogen) atoms. The van der Waals surface area contributed by atoms with E-state index in [4.69, 9.17) is 4.74 Å². The maximum absolute atomic E-state index is 12.4. The second-order valence-corrected chi connectivity index (χ2v) is 4.16. The van der Waals surface area contributed by atoms with E-state index in [1.807, 2.05) is 12.1 Å². The Hall–Kier alpha value is -1.49. The van der Waals surface area contributed by atoms with Crippen LogP contribution in [0.3, 0.4) is 0 Å². The summed E-state index contributed by atoms with van der Waals surface area (Å²) in [5.74, 6) is 0.699. The molecule has 2 nitrogen and oxygen atoms in total. The van der Waals surface area contributed by atoms with Crippen LogP contribution >= 0.6 is 11.3 Å². The van der Waals surface area contributed by atoms with Gasteiger partial charge in [0, 0.05) is 6.20 Å². The molecule has 0 unspecified atom stereocenters. The number of hydrogen-bond donors (Lipinski definition) is 0. The molecule has 1 heterocycles. The van der Waals surface area contributed by atoms with Crippen molar-refractivity contribution in [1.82, 2.24) is 4.98 Å². The number of nitrogens with zero attached hydrogens (tertiary/aromatic N) is 1. The Labute approximate surface area is 95.5 Å². The summed E-state index contributed by atoms with van der Waals surface area (Å²) >= 11 is 0.997. The van der Waals surface area contributed by atoms with Crippen molar-refractivity contribution in [2.75, 3.05) is 7.11 Å². The number of alkyl halides is 2. The quantitative estimate of drug-likeness (QED) is 0.816. The maximum atomic E-state index is 12.4. The molecule has 0 atom stereocenters. The third-order valence-corrected chi connectivity index (χ3v) is 3.12. The van der Waals surface area contributed by atoms with E-state index in [0.29, 0.717) is 10.6 Å². The number of aromatic nitrogens is 1. The molecule has 0 aliphatic rings. The minimum Gasteiger partial charge on any atom is -0.497 e. The topological polar surface area (TPSA) is 22.1 Å². The lowest BCUT2D eigenvalue weighted by molar-refractivity contribution is 0.151. The van der Waals surface area contributed by atoms with Gasteiger partial charge in [0.25, 0.3) is 6.43 Å². The van der Waals surface area contributed by atoms with Gasteiger partial charge in [0.1, 0.15) is 5.75 Å². The molecule has 0 saturated heterocycles. The summed E-state index contributed by atoms with van der Waals surface area (Å²) < 4.78 is 29.8. The van der Waals surface area contributed by atoms with Crippen molar-refractivity contribution in [3.8, 4) is 16.2 Å². The van der Waals surface area contributed by atoms with Crippen molar-refractivity contribution >= 4 is 11.3 Å². The highest BCUT2D eigenvalue weighted by atomic mass is 32.1. The fourth-order valence-corrected chi connectivity index (χ4v) is 2.07. The number of rotatable bonds is 3. The van der Waals surface area contributed by atoms with Gasteiger partial charge in [-0.2, -0.15) is 0 Å². The molecule has 1 aromatic heterocycles. The van der Waals surface area contributed by atoms with Crippen LogP contribution in [0.1, 0.15) is 11.4 Å². The SMILES string of the molecule is COc1cccc(-c2cnc(C(F)F)s2)c1. The van der Waals surface area contributed by atoms with Crippen molar-refractivity contribution in [3.63, 3.8) is 0 Å². The van der Waals surface area contributed by atoms with Crippen LogP contribution in [0.4, 0.5) is 8.78 Å². The van der Waals surface area contributed by atoms with Crippen LogP contribution in [0.5, 0.6) is 5.75 Å². The average molecular weight is 241 g/mol. The Morgan fingerprint density at radius 2 is 2.19 bits per heavy atom. The number of halogens is 2. The largest absolute Gasteiger partial charge is 0.497 e. The van der Waals surface area contributed by atoms with E-state index >= 15 is 0 Å². The number of ether oxygens (including phenoxy) is 1. The summed E-state index contributed by atoms with van der Waals surface area (Å²) in [5.41, 5.74) is 0.837. The molecule has 0 aliphatic carbocycles. The van der Waals surface area contributed by atoms with E-state index in [1.54, 1.807) is 19.2 Å². The van der Waals surface area contributed by atoms with Crippen molar-refractivity contribution < 1.29 is 13.5 Å². The first-order valence-corrected chi connectivity index (χ1v) is 5.40. The predicted molar refractivity (Wildman–Crippen MR) is 59.1 cm³/mol. The summed E-state index contributed by atoms with van der Waals surface area (Å²) in [6, 6.07) is 7.25. The average Bonchev–Trinajstić information content (AvgIpc) is 2.78. The van der Waals surface area contributed by atoms with Crippen LogP contribution in [0.25, 0.3) is 10.4 Å². The third kappa shape index (κ3) is 2.19. The summed E-state index contributed by atoms with van der Waals surface area (Å²) in [6.07, 6.45) is -1.05. The van der Waals surface area contributed by atoms with Gasteiger partial charge in [-0.1, -0.05) is 12.1 Å². The number of thiazole rings is 1. The highest BCUT2D eigenvalue weighted by molar-refractivity contribution is 7.15. The van der Waals surface area contributed by atoms with Crippen LogP contribution in [-0.4, -0.2) is 12.1 Å². The summed E-state index contributed by atoms with van der Waals surface area (Å²) in [6.45, 7) is 0. The second-order valence-electron chi connectivity index (χ2n) is 3.10. The normalized spacial score (nSPS) is 10.8. The van der Waals surface area contributed by atoms with Gasteiger partial charge in [-0.05, 0) is 17.7 Å². The Bertz CT molecular complexity index is 484. The Morgan fingerprint density at radius 3 is 2.81 bits per heavy atom. The lowest BCUT2D eigenvalue weighted by atomic mass is 10.2. The van der Waals surface area contributed by atoms with Crippen molar-refractivity contribution in [2.45, 2.75) is 6.43 Å². The molecule has 0 bridgehead atoms. The Balaban J connectivity index is 2.34. The molecule has 5 heteroatoms. The van der Waals surface area contributed by atoms with E-state index in [9.17, 15) is 8.78 Å². The Morgan fingerprint density at radius 1 is 1.38 bits per heavy atom. The van der Waals surface area contributed by atoms with Crippen LogP contribution in [0.15, 0.2) is 30.5 Å². The van der Waals surface area contributed by atoms with Crippen LogP contribution in [0.2, 0.25) is 0 Å². The van der Waals surface area contributed by atoms with Gasteiger partial charge in [0.15, 0.2) is 5.01 Å². The van der Waals surface area contributed by atoms with Crippen LogP contribution in [0, 0.1) is 0 Å². The Kier molecular flexibility index (Phi) is 3.14. The van der Waals surface area contributed by atoms with Crippen LogP contribution < -0.4 is 4.74 Å². The molecule has 0 spiro atoms. The van der Waals surface area contributed by atoms with Gasteiger partial charge < -0.3 is 4.74 Å². The molecular weight excluding hydrogens is 232 g/mol. The van der Waals surface area contributed by atoms with Gasteiger partial charge in [-0.15, -0.1) is 11.3 Å².